The lowest BCUT2D eigenvalue weighted by atomic mass is 9.98. The van der Waals surface area contributed by atoms with E-state index in [1.807, 2.05) is 0 Å². The maximum atomic E-state index is 10.8. The predicted octanol–water partition coefficient (Wildman–Crippen LogP) is 1.90. The van der Waals surface area contributed by atoms with Crippen molar-refractivity contribution in [3.63, 3.8) is 0 Å². The largest absolute Gasteiger partial charge is 0.492 e. The first kappa shape index (κ1) is 14.9. The second kappa shape index (κ2) is 6.76. The van der Waals surface area contributed by atoms with Crippen molar-refractivity contribution in [2.75, 3.05) is 25.1 Å². The van der Waals surface area contributed by atoms with Crippen molar-refractivity contribution >= 4 is 27.8 Å². The third-order valence-electron chi connectivity index (χ3n) is 3.33. The molecule has 0 aromatic carbocycles. The number of amides is 1. The quantitative estimate of drug-likeness (QED) is 0.569. The fourth-order valence-electron chi connectivity index (χ4n) is 2.11. The smallest absolute Gasteiger partial charge is 0.407 e. The van der Waals surface area contributed by atoms with Crippen molar-refractivity contribution in [3.05, 3.63) is 16.7 Å². The number of aromatic nitrogens is 1. The second-order valence-electron chi connectivity index (χ2n) is 4.67. The lowest BCUT2D eigenvalue weighted by Crippen LogP contribution is -2.38. The number of anilines is 1. The lowest BCUT2D eigenvalue weighted by Gasteiger charge is -2.29. The molecule has 2 heterocycles. The number of hydrogen-bond donors (Lipinski definition) is 3. The van der Waals surface area contributed by atoms with Crippen LogP contribution in [0.2, 0.25) is 0 Å². The molecule has 1 amide bonds. The van der Waals surface area contributed by atoms with Crippen molar-refractivity contribution < 1.29 is 14.6 Å². The zero-order valence-electron chi connectivity index (χ0n) is 10.9. The minimum atomic E-state index is -0.847. The molecule has 110 valence electrons. The van der Waals surface area contributed by atoms with E-state index in [-0.39, 0.29) is 0 Å². The van der Waals surface area contributed by atoms with E-state index in [4.69, 9.17) is 15.7 Å². The molecule has 4 N–H and O–H groups in total. The zero-order valence-corrected chi connectivity index (χ0v) is 12.5. The number of nitrogen functional groups attached to an aromatic ring is 1. The summed E-state index contributed by atoms with van der Waals surface area (Å²) in [5, 5.41) is 8.89. The molecule has 0 aliphatic carbocycles. The molecular weight excluding hydrogens is 328 g/mol. The molecule has 0 saturated carbocycles. The summed E-state index contributed by atoms with van der Waals surface area (Å²) in [6.07, 6.45) is 2.41. The standard InChI is InChI=1S/C12H17BrN4O3/c13-9-6-15-11(16-14)5-10(9)20-7-8-1-3-17(4-2-8)12(18)19/h5-6,8H,1-4,7,14H2,(H,15,16)(H,18,19). The van der Waals surface area contributed by atoms with Crippen LogP contribution in [-0.4, -0.2) is 40.8 Å². The first-order valence-electron chi connectivity index (χ1n) is 6.33. The van der Waals surface area contributed by atoms with Gasteiger partial charge < -0.3 is 20.2 Å². The molecule has 1 aliphatic heterocycles. The van der Waals surface area contributed by atoms with Crippen LogP contribution in [0, 0.1) is 5.92 Å². The summed E-state index contributed by atoms with van der Waals surface area (Å²) in [4.78, 5) is 16.3. The molecule has 0 bridgehead atoms. The van der Waals surface area contributed by atoms with E-state index < -0.39 is 6.09 Å². The lowest BCUT2D eigenvalue weighted by molar-refractivity contribution is 0.111. The number of hydrazine groups is 1. The van der Waals surface area contributed by atoms with Gasteiger partial charge in [-0.25, -0.2) is 15.6 Å². The highest BCUT2D eigenvalue weighted by Gasteiger charge is 2.22. The van der Waals surface area contributed by atoms with Crippen LogP contribution in [0.25, 0.3) is 0 Å². The third-order valence-corrected chi connectivity index (χ3v) is 3.92. The molecule has 0 unspecified atom stereocenters. The van der Waals surface area contributed by atoms with Gasteiger partial charge in [-0.05, 0) is 34.7 Å². The van der Waals surface area contributed by atoms with Crippen LogP contribution in [0.5, 0.6) is 5.75 Å². The van der Waals surface area contributed by atoms with Crippen molar-refractivity contribution in [1.82, 2.24) is 9.88 Å². The summed E-state index contributed by atoms with van der Waals surface area (Å²) in [6, 6.07) is 1.72. The predicted molar refractivity (Wildman–Crippen MR) is 77.6 cm³/mol. The number of nitrogens with two attached hydrogens (primary N) is 1. The van der Waals surface area contributed by atoms with E-state index >= 15 is 0 Å². The first-order chi connectivity index (χ1) is 9.60. The molecule has 1 aliphatic rings. The number of carbonyl (C=O) groups is 1. The van der Waals surface area contributed by atoms with Gasteiger partial charge >= 0.3 is 6.09 Å². The Morgan fingerprint density at radius 1 is 1.60 bits per heavy atom. The SMILES string of the molecule is NNc1cc(OCC2CCN(C(=O)O)CC2)c(Br)cn1. The highest BCUT2D eigenvalue weighted by Crippen LogP contribution is 2.27. The van der Waals surface area contributed by atoms with Crippen LogP contribution in [0.1, 0.15) is 12.8 Å². The average Bonchev–Trinajstić information content (AvgIpc) is 2.47. The van der Waals surface area contributed by atoms with Crippen LogP contribution in [0.4, 0.5) is 10.6 Å². The minimum absolute atomic E-state index is 0.361. The number of nitrogens with one attached hydrogen (secondary N) is 1. The Kier molecular flexibility index (Phi) is 5.02. The molecule has 20 heavy (non-hydrogen) atoms. The first-order valence-corrected chi connectivity index (χ1v) is 7.12. The van der Waals surface area contributed by atoms with E-state index in [2.05, 4.69) is 26.3 Å². The monoisotopic (exact) mass is 344 g/mol. The highest BCUT2D eigenvalue weighted by atomic mass is 79.9. The number of ether oxygens (including phenoxy) is 1. The minimum Gasteiger partial charge on any atom is -0.492 e. The normalized spacial score (nSPS) is 16.0. The summed E-state index contributed by atoms with van der Waals surface area (Å²) >= 11 is 3.37. The number of hydrogen-bond acceptors (Lipinski definition) is 5. The molecular formula is C12H17BrN4O3. The summed E-state index contributed by atoms with van der Waals surface area (Å²) in [7, 11) is 0. The van der Waals surface area contributed by atoms with Crippen LogP contribution >= 0.6 is 15.9 Å². The molecule has 8 heteroatoms. The van der Waals surface area contributed by atoms with Gasteiger partial charge in [0.25, 0.3) is 0 Å². The molecule has 2 rings (SSSR count). The van der Waals surface area contributed by atoms with Gasteiger partial charge in [-0.1, -0.05) is 0 Å². The number of carboxylic acid groups (broad SMARTS) is 1. The third kappa shape index (κ3) is 3.73. The number of nitrogens with zero attached hydrogens (tertiary/aromatic N) is 2. The van der Waals surface area contributed by atoms with Gasteiger partial charge in [-0.3, -0.25) is 0 Å². The maximum absolute atomic E-state index is 10.8. The van der Waals surface area contributed by atoms with E-state index in [1.54, 1.807) is 12.3 Å². The number of rotatable bonds is 4. The zero-order chi connectivity index (χ0) is 14.5. The molecule has 1 saturated heterocycles. The van der Waals surface area contributed by atoms with Crippen LogP contribution in [0.15, 0.2) is 16.7 Å². The van der Waals surface area contributed by atoms with Gasteiger partial charge in [0.2, 0.25) is 0 Å². The van der Waals surface area contributed by atoms with Crippen molar-refractivity contribution in [3.8, 4) is 5.75 Å². The molecule has 0 atom stereocenters. The summed E-state index contributed by atoms with van der Waals surface area (Å²) in [6.45, 7) is 1.69. The van der Waals surface area contributed by atoms with Crippen molar-refractivity contribution in [2.45, 2.75) is 12.8 Å². The van der Waals surface area contributed by atoms with Gasteiger partial charge in [0.05, 0.1) is 11.1 Å². The Hall–Kier alpha value is -1.54. The van der Waals surface area contributed by atoms with Crippen LogP contribution < -0.4 is 16.0 Å². The molecule has 0 radical (unpaired) electrons. The fourth-order valence-corrected chi connectivity index (χ4v) is 2.44. The topological polar surface area (TPSA) is 101 Å². The van der Waals surface area contributed by atoms with Gasteiger partial charge in [0, 0.05) is 25.4 Å². The highest BCUT2D eigenvalue weighted by molar-refractivity contribution is 9.10. The molecule has 0 spiro atoms. The number of pyridine rings is 1. The number of piperidine rings is 1. The van der Waals surface area contributed by atoms with Gasteiger partial charge in [-0.15, -0.1) is 0 Å². The van der Waals surface area contributed by atoms with Crippen LogP contribution in [-0.2, 0) is 0 Å². The molecule has 1 aromatic heterocycles. The number of likely N-dealkylation sites (tertiary alicyclic amines) is 1. The Morgan fingerprint density at radius 3 is 2.90 bits per heavy atom. The maximum Gasteiger partial charge on any atom is 0.407 e. The van der Waals surface area contributed by atoms with E-state index in [0.29, 0.717) is 37.2 Å². The van der Waals surface area contributed by atoms with Crippen LogP contribution in [0.3, 0.4) is 0 Å². The molecule has 1 fully saturated rings. The fraction of sp³-hybridized carbons (Fsp3) is 0.500. The molecule has 7 nitrogen and oxygen atoms in total. The molecule has 1 aromatic rings. The van der Waals surface area contributed by atoms with Gasteiger partial charge in [0.1, 0.15) is 11.6 Å². The Labute approximate surface area is 125 Å². The van der Waals surface area contributed by atoms with Gasteiger partial charge in [-0.2, -0.15) is 0 Å². The Bertz CT molecular complexity index is 478. The summed E-state index contributed by atoms with van der Waals surface area (Å²) in [5.41, 5.74) is 2.47. The van der Waals surface area contributed by atoms with Gasteiger partial charge in [0.15, 0.2) is 0 Å². The van der Waals surface area contributed by atoms with E-state index in [0.717, 1.165) is 17.3 Å². The second-order valence-corrected chi connectivity index (χ2v) is 5.52. The number of halogens is 1. The average molecular weight is 345 g/mol. The Balaban J connectivity index is 1.86. The van der Waals surface area contributed by atoms with Crippen molar-refractivity contribution in [1.29, 1.82) is 0 Å². The van der Waals surface area contributed by atoms with Crippen molar-refractivity contribution in [2.24, 2.45) is 11.8 Å². The van der Waals surface area contributed by atoms with E-state index in [9.17, 15) is 4.79 Å². The summed E-state index contributed by atoms with van der Waals surface area (Å²) < 4.78 is 6.53. The van der Waals surface area contributed by atoms with E-state index in [1.165, 1.54) is 4.90 Å². The summed E-state index contributed by atoms with van der Waals surface area (Å²) in [5.74, 6) is 6.87. The Morgan fingerprint density at radius 2 is 2.30 bits per heavy atom.